The van der Waals surface area contributed by atoms with Crippen LogP contribution < -0.4 is 16.8 Å². The largest absolute Gasteiger partial charge is 0.477 e. The van der Waals surface area contributed by atoms with E-state index < -0.39 is 23.5 Å². The van der Waals surface area contributed by atoms with Crippen LogP contribution in [0.5, 0.6) is 0 Å². The van der Waals surface area contributed by atoms with Crippen LogP contribution in [-0.2, 0) is 14.4 Å². The van der Waals surface area contributed by atoms with Crippen molar-refractivity contribution in [3.63, 3.8) is 0 Å². The third-order valence-electron chi connectivity index (χ3n) is 4.42. The van der Waals surface area contributed by atoms with Gasteiger partial charge in [-0.2, -0.15) is 0 Å². The summed E-state index contributed by atoms with van der Waals surface area (Å²) < 4.78 is 0. The minimum absolute atomic E-state index is 0.0187. The number of β-lactam (4-membered cyclic amide) rings is 1. The summed E-state index contributed by atoms with van der Waals surface area (Å²) in [5.74, 6) is -1.51. The summed E-state index contributed by atoms with van der Waals surface area (Å²) in [5, 5.41) is 12.2. The average Bonchev–Trinajstić information content (AvgIpc) is 2.56. The molecule has 2 heterocycles. The molecule has 3 atom stereocenters. The normalized spacial score (nSPS) is 26.1. The van der Waals surface area contributed by atoms with Crippen molar-refractivity contribution >= 4 is 29.5 Å². The zero-order valence-corrected chi connectivity index (χ0v) is 14.4. The molecule has 0 aromatic heterocycles. The third kappa shape index (κ3) is 3.19. The lowest BCUT2D eigenvalue weighted by Gasteiger charge is -2.47. The lowest BCUT2D eigenvalue weighted by molar-refractivity contribution is -0.147. The summed E-state index contributed by atoms with van der Waals surface area (Å²) in [6.45, 7) is 3.92. The molecule has 0 aliphatic carbocycles. The number of carbonyl (C=O) groups excluding carboxylic acids is 2. The van der Waals surface area contributed by atoms with Crippen LogP contribution in [0.25, 0.3) is 0 Å². The highest BCUT2D eigenvalue weighted by atomic mass is 32.2. The predicted molar refractivity (Wildman–Crippen MR) is 90.8 cm³/mol. The number of hydrogen-bond acceptors (Lipinski definition) is 6. The first-order valence-corrected chi connectivity index (χ1v) is 8.66. The molecule has 132 valence electrons. The molecule has 0 saturated carbocycles. The van der Waals surface area contributed by atoms with Gasteiger partial charge in [0.05, 0.1) is 5.54 Å². The number of nitrogens with zero attached hydrogens (tertiary/aromatic N) is 1. The van der Waals surface area contributed by atoms with Gasteiger partial charge < -0.3 is 21.9 Å². The minimum atomic E-state index is -1.15. The number of nitrogens with one attached hydrogen (secondary N) is 1. The van der Waals surface area contributed by atoms with Crippen molar-refractivity contribution in [2.45, 2.75) is 37.2 Å². The molecule has 1 saturated heterocycles. The van der Waals surface area contributed by atoms with E-state index in [9.17, 15) is 19.5 Å². The Labute approximate surface area is 144 Å². The molecule has 2 aliphatic heterocycles. The van der Waals surface area contributed by atoms with Crippen LogP contribution in [0.3, 0.4) is 0 Å². The Kier molecular flexibility index (Phi) is 5.36. The van der Waals surface area contributed by atoms with Crippen LogP contribution in [0, 0.1) is 0 Å². The molecule has 1 fully saturated rings. The molecular formula is C15H22N4O4S. The molecule has 0 radical (unpaired) electrons. The maximum absolute atomic E-state index is 11.8. The van der Waals surface area contributed by atoms with E-state index in [2.05, 4.69) is 5.32 Å². The van der Waals surface area contributed by atoms with Crippen LogP contribution >= 0.6 is 11.8 Å². The number of hydrogen-bond donors (Lipinski definition) is 4. The summed E-state index contributed by atoms with van der Waals surface area (Å²) in [5.41, 5.74) is 10.8. The summed E-state index contributed by atoms with van der Waals surface area (Å²) in [6, 6.07) is -0.641. The van der Waals surface area contributed by atoms with Crippen molar-refractivity contribution in [3.05, 3.63) is 23.4 Å². The van der Waals surface area contributed by atoms with E-state index in [-0.39, 0.29) is 17.0 Å². The standard InChI is InChI=1S/C15H22N4O4S/c1-3-15(2,14(17)23)18-6-4-5-8-7-24-12-9(16)11(20)19(12)10(8)13(21)22/h4-5,9,12,18H,3,6-7,16H2,1-2H3,(H2,17,23)(H,21,22)/b5-4+/t9-,12+,15?/m1/s1. The highest BCUT2D eigenvalue weighted by Gasteiger charge is 2.51. The van der Waals surface area contributed by atoms with Crippen LogP contribution in [0.2, 0.25) is 0 Å². The number of allylic oxidation sites excluding steroid dienone is 1. The van der Waals surface area contributed by atoms with Crippen LogP contribution in [0.4, 0.5) is 0 Å². The van der Waals surface area contributed by atoms with Gasteiger partial charge >= 0.3 is 5.97 Å². The van der Waals surface area contributed by atoms with Gasteiger partial charge in [0.1, 0.15) is 17.1 Å². The number of carboxylic acid groups (broad SMARTS) is 1. The first-order valence-electron chi connectivity index (χ1n) is 7.61. The topological polar surface area (TPSA) is 139 Å². The summed E-state index contributed by atoms with van der Waals surface area (Å²) >= 11 is 1.44. The van der Waals surface area contributed by atoms with Gasteiger partial charge in [-0.1, -0.05) is 19.1 Å². The fraction of sp³-hybridized carbons (Fsp3) is 0.533. The highest BCUT2D eigenvalue weighted by molar-refractivity contribution is 8.00. The Hall–Kier alpha value is -1.84. The number of amides is 2. The number of nitrogens with two attached hydrogens (primary N) is 2. The highest BCUT2D eigenvalue weighted by Crippen LogP contribution is 2.39. The van der Waals surface area contributed by atoms with E-state index in [0.717, 1.165) is 0 Å². The first-order chi connectivity index (χ1) is 11.2. The van der Waals surface area contributed by atoms with Crippen LogP contribution in [-0.4, -0.2) is 57.0 Å². The minimum Gasteiger partial charge on any atom is -0.477 e. The first kappa shape index (κ1) is 18.5. The number of primary amides is 1. The van der Waals surface area contributed by atoms with E-state index >= 15 is 0 Å². The molecule has 2 rings (SSSR count). The molecule has 0 aromatic carbocycles. The zero-order chi connectivity index (χ0) is 18.1. The molecule has 0 spiro atoms. The fourth-order valence-electron chi connectivity index (χ4n) is 2.54. The lowest BCUT2D eigenvalue weighted by Crippen LogP contribution is -2.68. The lowest BCUT2D eigenvalue weighted by atomic mass is 9.98. The maximum atomic E-state index is 11.8. The summed E-state index contributed by atoms with van der Waals surface area (Å²) in [6.07, 6.45) is 3.92. The molecule has 24 heavy (non-hydrogen) atoms. The second kappa shape index (κ2) is 6.96. The Balaban J connectivity index is 2.11. The van der Waals surface area contributed by atoms with Gasteiger partial charge in [0.15, 0.2) is 0 Å². The number of thioether (sulfide) groups is 1. The number of rotatable bonds is 7. The van der Waals surface area contributed by atoms with Crippen molar-refractivity contribution < 1.29 is 19.5 Å². The third-order valence-corrected chi connectivity index (χ3v) is 5.74. The second-order valence-electron chi connectivity index (χ2n) is 5.95. The van der Waals surface area contributed by atoms with Crippen molar-refractivity contribution in [1.82, 2.24) is 10.2 Å². The summed E-state index contributed by atoms with van der Waals surface area (Å²) in [7, 11) is 0. The molecule has 8 nitrogen and oxygen atoms in total. The molecular weight excluding hydrogens is 332 g/mol. The molecule has 2 aliphatic rings. The van der Waals surface area contributed by atoms with E-state index in [4.69, 9.17) is 11.5 Å². The Morgan fingerprint density at radius 3 is 2.75 bits per heavy atom. The number of carbonyl (C=O) groups is 3. The molecule has 2 amide bonds. The van der Waals surface area contributed by atoms with E-state index in [1.807, 2.05) is 6.92 Å². The maximum Gasteiger partial charge on any atom is 0.352 e. The van der Waals surface area contributed by atoms with Gasteiger partial charge in [-0.25, -0.2) is 4.79 Å². The SMILES string of the molecule is CCC(C)(NC/C=C/C1=C(C(=O)O)N2C(=O)[C@@H](N)[C@@H]2SC1)C(N)=O. The van der Waals surface area contributed by atoms with Gasteiger partial charge in [-0.15, -0.1) is 11.8 Å². The molecule has 0 aromatic rings. The average molecular weight is 354 g/mol. The molecule has 0 bridgehead atoms. The smallest absolute Gasteiger partial charge is 0.352 e. The van der Waals surface area contributed by atoms with E-state index in [1.54, 1.807) is 19.1 Å². The second-order valence-corrected chi connectivity index (χ2v) is 7.05. The number of carboxylic acids is 1. The monoisotopic (exact) mass is 354 g/mol. The number of aliphatic carboxylic acids is 1. The van der Waals surface area contributed by atoms with Crippen molar-refractivity contribution in [2.75, 3.05) is 12.3 Å². The number of fused-ring (bicyclic) bond motifs is 1. The molecule has 6 N–H and O–H groups in total. The molecule has 1 unspecified atom stereocenters. The zero-order valence-electron chi connectivity index (χ0n) is 13.6. The Morgan fingerprint density at radius 1 is 1.54 bits per heavy atom. The molecule has 9 heteroatoms. The Morgan fingerprint density at radius 2 is 2.21 bits per heavy atom. The Bertz CT molecular complexity index is 633. The summed E-state index contributed by atoms with van der Waals surface area (Å²) in [4.78, 5) is 36.0. The van der Waals surface area contributed by atoms with E-state index in [0.29, 0.717) is 24.3 Å². The quantitative estimate of drug-likeness (QED) is 0.446. The van der Waals surface area contributed by atoms with Gasteiger partial charge in [0.2, 0.25) is 11.8 Å². The van der Waals surface area contributed by atoms with Gasteiger partial charge in [0.25, 0.3) is 0 Å². The van der Waals surface area contributed by atoms with Gasteiger partial charge in [-0.3, -0.25) is 14.5 Å². The van der Waals surface area contributed by atoms with Crippen molar-refractivity contribution in [1.29, 1.82) is 0 Å². The fourth-order valence-corrected chi connectivity index (χ4v) is 3.80. The van der Waals surface area contributed by atoms with Gasteiger partial charge in [0, 0.05) is 12.3 Å². The van der Waals surface area contributed by atoms with Crippen LogP contribution in [0.15, 0.2) is 23.4 Å². The van der Waals surface area contributed by atoms with Crippen molar-refractivity contribution in [2.24, 2.45) is 11.5 Å². The predicted octanol–water partition coefficient (Wildman–Crippen LogP) is -0.633. The van der Waals surface area contributed by atoms with Crippen molar-refractivity contribution in [3.8, 4) is 0 Å². The van der Waals surface area contributed by atoms with E-state index in [1.165, 1.54) is 16.7 Å². The van der Waals surface area contributed by atoms with Gasteiger partial charge in [-0.05, 0) is 18.9 Å². The van der Waals surface area contributed by atoms with Crippen LogP contribution in [0.1, 0.15) is 20.3 Å².